The molecule has 1 aliphatic carbocycles. The molecule has 0 bridgehead atoms. The van der Waals surface area contributed by atoms with Gasteiger partial charge < -0.3 is 20.2 Å². The molecule has 3 rings (SSSR count). The van der Waals surface area contributed by atoms with Gasteiger partial charge >= 0.3 is 12.0 Å². The van der Waals surface area contributed by atoms with Crippen LogP contribution in [0.1, 0.15) is 18.4 Å². The number of hydrogen-bond donors (Lipinski definition) is 2. The summed E-state index contributed by atoms with van der Waals surface area (Å²) in [6.45, 7) is 3.31. The van der Waals surface area contributed by atoms with Crippen LogP contribution in [-0.2, 0) is 9.59 Å². The Hall–Kier alpha value is -2.28. The van der Waals surface area contributed by atoms with Crippen LogP contribution in [0.5, 0.6) is 0 Å². The molecule has 134 valence electrons. The Labute approximate surface area is 150 Å². The molecule has 1 aliphatic heterocycles. The third kappa shape index (κ3) is 3.42. The van der Waals surface area contributed by atoms with Gasteiger partial charge in [-0.1, -0.05) is 17.7 Å². The highest BCUT2D eigenvalue weighted by Gasteiger charge is 2.58. The lowest BCUT2D eigenvalue weighted by Crippen LogP contribution is -2.54. The first-order chi connectivity index (χ1) is 11.8. The fourth-order valence-electron chi connectivity index (χ4n) is 2.93. The van der Waals surface area contributed by atoms with Crippen LogP contribution in [0.4, 0.5) is 10.5 Å². The lowest BCUT2D eigenvalue weighted by molar-refractivity contribution is -0.154. The molecule has 0 atom stereocenters. The molecule has 0 aromatic heterocycles. The highest BCUT2D eigenvalue weighted by Crippen LogP contribution is 2.47. The minimum absolute atomic E-state index is 0.258. The molecule has 0 unspecified atom stereocenters. The van der Waals surface area contributed by atoms with Gasteiger partial charge in [0.1, 0.15) is 5.41 Å². The maximum absolute atomic E-state index is 12.4. The predicted octanol–water partition coefficient (Wildman–Crippen LogP) is 2.19. The molecule has 8 heteroatoms. The largest absolute Gasteiger partial charge is 0.480 e. The summed E-state index contributed by atoms with van der Waals surface area (Å²) in [4.78, 5) is 39.1. The highest BCUT2D eigenvalue weighted by atomic mass is 35.5. The Balaban J connectivity index is 1.55. The third-order valence-electron chi connectivity index (χ3n) is 4.85. The summed E-state index contributed by atoms with van der Waals surface area (Å²) >= 11 is 6.05. The van der Waals surface area contributed by atoms with Crippen molar-refractivity contribution in [3.63, 3.8) is 0 Å². The van der Waals surface area contributed by atoms with Gasteiger partial charge in [0.05, 0.1) is 0 Å². The molecule has 1 aromatic rings. The summed E-state index contributed by atoms with van der Waals surface area (Å²) in [7, 11) is 0. The number of carbonyl (C=O) groups excluding carboxylic acids is 2. The number of benzene rings is 1. The first-order valence-corrected chi connectivity index (χ1v) is 8.56. The maximum atomic E-state index is 12.4. The smallest absolute Gasteiger partial charge is 0.321 e. The first-order valence-electron chi connectivity index (χ1n) is 8.18. The number of carboxylic acids is 1. The zero-order valence-electron chi connectivity index (χ0n) is 13.9. The second kappa shape index (κ2) is 6.55. The average Bonchev–Trinajstić information content (AvgIpc) is 3.39. The summed E-state index contributed by atoms with van der Waals surface area (Å²) < 4.78 is 0. The number of nitrogens with zero attached hydrogens (tertiary/aromatic N) is 2. The normalized spacial score (nSPS) is 18.6. The molecule has 1 saturated carbocycles. The molecule has 1 heterocycles. The maximum Gasteiger partial charge on any atom is 0.321 e. The number of amides is 3. The van der Waals surface area contributed by atoms with E-state index in [1.54, 1.807) is 21.9 Å². The number of carboxylic acid groups (broad SMARTS) is 1. The van der Waals surface area contributed by atoms with Gasteiger partial charge in [0.15, 0.2) is 0 Å². The first kappa shape index (κ1) is 17.5. The van der Waals surface area contributed by atoms with Crippen LogP contribution in [-0.4, -0.2) is 59.0 Å². The van der Waals surface area contributed by atoms with Gasteiger partial charge in [-0.05, 0) is 37.5 Å². The van der Waals surface area contributed by atoms with Crippen LogP contribution in [0, 0.1) is 12.3 Å². The quantitative estimate of drug-likeness (QED) is 0.803. The van der Waals surface area contributed by atoms with E-state index in [9.17, 15) is 19.5 Å². The molecule has 25 heavy (non-hydrogen) atoms. The molecule has 3 amide bonds. The second-order valence-electron chi connectivity index (χ2n) is 6.56. The Kier molecular flexibility index (Phi) is 4.60. The summed E-state index contributed by atoms with van der Waals surface area (Å²) in [5, 5.41) is 12.6. The van der Waals surface area contributed by atoms with Gasteiger partial charge in [0.25, 0.3) is 0 Å². The zero-order chi connectivity index (χ0) is 18.2. The van der Waals surface area contributed by atoms with Crippen LogP contribution >= 0.6 is 11.6 Å². The number of aryl methyl sites for hydroxylation is 1. The fraction of sp³-hybridized carbons (Fsp3) is 0.471. The van der Waals surface area contributed by atoms with Gasteiger partial charge in [-0.3, -0.25) is 9.59 Å². The molecule has 7 nitrogen and oxygen atoms in total. The number of carbonyl (C=O) groups is 3. The van der Waals surface area contributed by atoms with Crippen molar-refractivity contribution in [1.29, 1.82) is 0 Å². The number of urea groups is 1. The van der Waals surface area contributed by atoms with Gasteiger partial charge in [-0.15, -0.1) is 0 Å². The van der Waals surface area contributed by atoms with Crippen molar-refractivity contribution in [2.24, 2.45) is 5.41 Å². The van der Waals surface area contributed by atoms with Gasteiger partial charge in [-0.25, -0.2) is 4.79 Å². The van der Waals surface area contributed by atoms with Crippen LogP contribution < -0.4 is 5.32 Å². The van der Waals surface area contributed by atoms with E-state index in [2.05, 4.69) is 5.32 Å². The van der Waals surface area contributed by atoms with E-state index in [1.807, 2.05) is 13.0 Å². The molecule has 1 saturated heterocycles. The Bertz CT molecular complexity index is 725. The topological polar surface area (TPSA) is 90.0 Å². The average molecular weight is 366 g/mol. The van der Waals surface area contributed by atoms with Crippen molar-refractivity contribution in [2.75, 3.05) is 31.5 Å². The van der Waals surface area contributed by atoms with Crippen molar-refractivity contribution in [3.8, 4) is 0 Å². The molecular weight excluding hydrogens is 346 g/mol. The van der Waals surface area contributed by atoms with E-state index in [-0.39, 0.29) is 11.9 Å². The molecule has 0 spiro atoms. The number of hydrogen-bond acceptors (Lipinski definition) is 3. The summed E-state index contributed by atoms with van der Waals surface area (Å²) in [5.74, 6) is -1.38. The van der Waals surface area contributed by atoms with E-state index >= 15 is 0 Å². The minimum atomic E-state index is -1.22. The SMILES string of the molecule is Cc1ccc(NC(=O)N2CCN(C(=O)C3(C(=O)O)CC3)CC2)cc1Cl. The van der Waals surface area contributed by atoms with Gasteiger partial charge in [0, 0.05) is 36.9 Å². The van der Waals surface area contributed by atoms with Gasteiger partial charge in [0.2, 0.25) is 5.91 Å². The van der Waals surface area contributed by atoms with Crippen molar-refractivity contribution in [3.05, 3.63) is 28.8 Å². The summed E-state index contributed by atoms with van der Waals surface area (Å²) in [5.41, 5.74) is 0.324. The number of aliphatic carboxylic acids is 1. The number of nitrogens with one attached hydrogen (secondary N) is 1. The second-order valence-corrected chi connectivity index (χ2v) is 6.97. The van der Waals surface area contributed by atoms with Crippen molar-refractivity contribution >= 4 is 35.2 Å². The van der Waals surface area contributed by atoms with Crippen LogP contribution in [0.2, 0.25) is 5.02 Å². The highest BCUT2D eigenvalue weighted by molar-refractivity contribution is 6.31. The fourth-order valence-corrected chi connectivity index (χ4v) is 3.11. The Morgan fingerprint density at radius 2 is 1.72 bits per heavy atom. The van der Waals surface area contributed by atoms with Crippen molar-refractivity contribution in [2.45, 2.75) is 19.8 Å². The minimum Gasteiger partial charge on any atom is -0.480 e. The van der Waals surface area contributed by atoms with Crippen molar-refractivity contribution in [1.82, 2.24) is 9.80 Å². The van der Waals surface area contributed by atoms with Gasteiger partial charge in [-0.2, -0.15) is 0 Å². The number of piperazine rings is 1. The number of rotatable bonds is 3. The number of halogens is 1. The van der Waals surface area contributed by atoms with E-state index in [0.29, 0.717) is 49.7 Å². The van der Waals surface area contributed by atoms with E-state index in [4.69, 9.17) is 11.6 Å². The summed E-state index contributed by atoms with van der Waals surface area (Å²) in [6.07, 6.45) is 0.798. The molecule has 2 N–H and O–H groups in total. The predicted molar refractivity (Wildman–Crippen MR) is 92.7 cm³/mol. The lowest BCUT2D eigenvalue weighted by atomic mass is 10.1. The molecule has 0 radical (unpaired) electrons. The van der Waals surface area contributed by atoms with Crippen LogP contribution in [0.3, 0.4) is 0 Å². The molecule has 2 aliphatic rings. The number of anilines is 1. The van der Waals surface area contributed by atoms with E-state index < -0.39 is 11.4 Å². The van der Waals surface area contributed by atoms with Crippen LogP contribution in [0.25, 0.3) is 0 Å². The standard InChI is InChI=1S/C17H20ClN3O4/c1-11-2-3-12(10-13(11)18)19-16(25)21-8-6-20(7-9-21)14(22)17(4-5-17)15(23)24/h2-3,10H,4-9H2,1H3,(H,19,25)(H,23,24). The summed E-state index contributed by atoms with van der Waals surface area (Å²) in [6, 6.07) is 5.04. The molecular formula is C17H20ClN3O4. The monoisotopic (exact) mass is 365 g/mol. The van der Waals surface area contributed by atoms with Crippen molar-refractivity contribution < 1.29 is 19.5 Å². The third-order valence-corrected chi connectivity index (χ3v) is 5.25. The van der Waals surface area contributed by atoms with Crippen LogP contribution in [0.15, 0.2) is 18.2 Å². The zero-order valence-corrected chi connectivity index (χ0v) is 14.7. The molecule has 2 fully saturated rings. The Morgan fingerprint density at radius 1 is 1.12 bits per heavy atom. The Morgan fingerprint density at radius 3 is 2.24 bits per heavy atom. The lowest BCUT2D eigenvalue weighted by Gasteiger charge is -2.35. The van der Waals surface area contributed by atoms with E-state index in [1.165, 1.54) is 0 Å². The molecule has 1 aromatic carbocycles. The van der Waals surface area contributed by atoms with E-state index in [0.717, 1.165) is 5.56 Å².